The fourth-order valence-electron chi connectivity index (χ4n) is 2.62. The first-order valence-electron chi connectivity index (χ1n) is 7.30. The van der Waals surface area contributed by atoms with Gasteiger partial charge in [0.05, 0.1) is 0 Å². The maximum atomic E-state index is 12.5. The van der Waals surface area contributed by atoms with Crippen molar-refractivity contribution >= 4 is 11.7 Å². The van der Waals surface area contributed by atoms with Gasteiger partial charge in [-0.05, 0) is 26.2 Å². The average molecular weight is 285 g/mol. The number of carbonyl (C=O) groups excluding carboxylic acids is 1. The van der Waals surface area contributed by atoms with Crippen molar-refractivity contribution in [1.29, 1.82) is 0 Å². The second-order valence-electron chi connectivity index (χ2n) is 5.72. The van der Waals surface area contributed by atoms with Crippen LogP contribution in [0, 0.1) is 0 Å². The molecule has 1 aliphatic carbocycles. The third-order valence-corrected chi connectivity index (χ3v) is 4.51. The highest BCUT2D eigenvalue weighted by atomic mass is 16.5. The lowest BCUT2D eigenvalue weighted by molar-refractivity contribution is -0.143. The van der Waals surface area contributed by atoms with Gasteiger partial charge in [0.2, 0.25) is 0 Å². The van der Waals surface area contributed by atoms with Crippen molar-refractivity contribution in [3.05, 3.63) is 0 Å². The number of hydrogen-bond acceptors (Lipinski definition) is 4. The number of methoxy groups -OCH3 is 1. The molecule has 1 unspecified atom stereocenters. The van der Waals surface area contributed by atoms with E-state index >= 15 is 0 Å². The van der Waals surface area contributed by atoms with E-state index in [0.29, 0.717) is 19.3 Å². The van der Waals surface area contributed by atoms with Crippen molar-refractivity contribution in [1.82, 2.24) is 5.32 Å². The Morgan fingerprint density at radius 3 is 2.35 bits per heavy atom. The summed E-state index contributed by atoms with van der Waals surface area (Å²) in [6.07, 6.45) is 6.05. The number of amidine groups is 1. The Labute approximate surface area is 120 Å². The Balaban J connectivity index is 2.98. The monoisotopic (exact) mass is 285 g/mol. The summed E-state index contributed by atoms with van der Waals surface area (Å²) >= 11 is 0. The number of nitrogens with two attached hydrogens (primary N) is 1. The van der Waals surface area contributed by atoms with Crippen LogP contribution in [0.3, 0.4) is 0 Å². The van der Waals surface area contributed by atoms with Gasteiger partial charge < -0.3 is 21.0 Å². The van der Waals surface area contributed by atoms with E-state index in [4.69, 9.17) is 15.7 Å². The smallest absolute Gasteiger partial charge is 0.252 e. The molecule has 0 bridgehead atoms. The Morgan fingerprint density at radius 2 is 1.95 bits per heavy atom. The van der Waals surface area contributed by atoms with Gasteiger partial charge in [-0.15, -0.1) is 0 Å². The van der Waals surface area contributed by atoms with Crippen LogP contribution >= 0.6 is 0 Å². The van der Waals surface area contributed by atoms with E-state index in [1.807, 2.05) is 6.92 Å². The molecule has 1 amide bonds. The number of carbonyl (C=O) groups is 1. The molecule has 6 heteroatoms. The van der Waals surface area contributed by atoms with Gasteiger partial charge in [0.1, 0.15) is 11.1 Å². The Hall–Kier alpha value is -1.30. The molecule has 1 atom stereocenters. The summed E-state index contributed by atoms with van der Waals surface area (Å²) in [6.45, 7) is 3.64. The molecule has 0 aliphatic heterocycles. The molecule has 1 saturated carbocycles. The van der Waals surface area contributed by atoms with Crippen LogP contribution in [0.1, 0.15) is 58.8 Å². The molecule has 0 aromatic rings. The molecule has 4 N–H and O–H groups in total. The molecule has 1 fully saturated rings. The summed E-state index contributed by atoms with van der Waals surface area (Å²) in [4.78, 5) is 12.5. The van der Waals surface area contributed by atoms with E-state index in [9.17, 15) is 4.79 Å². The standard InChI is InChI=1S/C14H27N3O3/c1-4-13(2,20-3)12(18)16-14(11(15)17-19)9-7-5-6-8-10-14/h19H,4-10H2,1-3H3,(H2,15,17)(H,16,18). The molecule has 0 aromatic carbocycles. The van der Waals surface area contributed by atoms with Crippen LogP contribution in [0.15, 0.2) is 5.16 Å². The predicted octanol–water partition coefficient (Wildman–Crippen LogP) is 1.76. The second-order valence-corrected chi connectivity index (χ2v) is 5.72. The minimum absolute atomic E-state index is 0.0855. The SMILES string of the molecule is CCC(C)(OC)C(=O)NC1(C(N)=NO)CCCCCC1. The van der Waals surface area contributed by atoms with Crippen molar-refractivity contribution in [3.8, 4) is 0 Å². The van der Waals surface area contributed by atoms with E-state index in [0.717, 1.165) is 25.7 Å². The zero-order chi connectivity index (χ0) is 15.2. The van der Waals surface area contributed by atoms with Gasteiger partial charge in [-0.25, -0.2) is 0 Å². The summed E-state index contributed by atoms with van der Waals surface area (Å²) in [6, 6.07) is 0. The summed E-state index contributed by atoms with van der Waals surface area (Å²) in [5, 5.41) is 15.2. The average Bonchev–Trinajstić information content (AvgIpc) is 2.71. The van der Waals surface area contributed by atoms with Gasteiger partial charge in [-0.2, -0.15) is 0 Å². The molecule has 0 heterocycles. The van der Waals surface area contributed by atoms with Crippen LogP contribution in [-0.2, 0) is 9.53 Å². The van der Waals surface area contributed by atoms with E-state index in [-0.39, 0.29) is 11.7 Å². The molecule has 6 nitrogen and oxygen atoms in total. The maximum Gasteiger partial charge on any atom is 0.252 e. The molecule has 1 aliphatic rings. The fraction of sp³-hybridized carbons (Fsp3) is 0.857. The van der Waals surface area contributed by atoms with Gasteiger partial charge in [-0.3, -0.25) is 4.79 Å². The van der Waals surface area contributed by atoms with Crippen molar-refractivity contribution in [2.75, 3.05) is 7.11 Å². The van der Waals surface area contributed by atoms with E-state index in [1.54, 1.807) is 6.92 Å². The Kier molecular flexibility index (Phi) is 5.80. The van der Waals surface area contributed by atoms with Crippen LogP contribution in [0.5, 0.6) is 0 Å². The third-order valence-electron chi connectivity index (χ3n) is 4.51. The third kappa shape index (κ3) is 3.42. The summed E-state index contributed by atoms with van der Waals surface area (Å²) in [7, 11) is 1.52. The molecular formula is C14H27N3O3. The number of nitrogens with one attached hydrogen (secondary N) is 1. The minimum atomic E-state index is -0.894. The van der Waals surface area contributed by atoms with Gasteiger partial charge in [-0.1, -0.05) is 37.8 Å². The van der Waals surface area contributed by atoms with E-state index < -0.39 is 11.1 Å². The number of oxime groups is 1. The van der Waals surface area contributed by atoms with Crippen molar-refractivity contribution in [2.24, 2.45) is 10.9 Å². The number of nitrogens with zero attached hydrogens (tertiary/aromatic N) is 1. The van der Waals surface area contributed by atoms with Crippen LogP contribution in [0.25, 0.3) is 0 Å². The molecular weight excluding hydrogens is 258 g/mol. The van der Waals surface area contributed by atoms with E-state index in [1.165, 1.54) is 7.11 Å². The second kappa shape index (κ2) is 6.92. The van der Waals surface area contributed by atoms with Crippen LogP contribution < -0.4 is 11.1 Å². The highest BCUT2D eigenvalue weighted by Gasteiger charge is 2.41. The van der Waals surface area contributed by atoms with Crippen LogP contribution in [0.2, 0.25) is 0 Å². The van der Waals surface area contributed by atoms with Gasteiger partial charge >= 0.3 is 0 Å². The predicted molar refractivity (Wildman–Crippen MR) is 77.7 cm³/mol. The van der Waals surface area contributed by atoms with Crippen molar-refractivity contribution in [3.63, 3.8) is 0 Å². The Bertz CT molecular complexity index is 357. The first kappa shape index (κ1) is 16.8. The minimum Gasteiger partial charge on any atom is -0.409 e. The lowest BCUT2D eigenvalue weighted by atomic mass is 9.87. The quantitative estimate of drug-likeness (QED) is 0.236. The van der Waals surface area contributed by atoms with Gasteiger partial charge in [0.15, 0.2) is 5.84 Å². The van der Waals surface area contributed by atoms with Crippen LogP contribution in [-0.4, -0.2) is 35.2 Å². The fourth-order valence-corrected chi connectivity index (χ4v) is 2.62. The Morgan fingerprint density at radius 1 is 1.40 bits per heavy atom. The number of ether oxygens (including phenoxy) is 1. The van der Waals surface area contributed by atoms with Crippen molar-refractivity contribution in [2.45, 2.75) is 69.9 Å². The molecule has 0 spiro atoms. The van der Waals surface area contributed by atoms with Gasteiger partial charge in [0.25, 0.3) is 5.91 Å². The molecule has 1 rings (SSSR count). The highest BCUT2D eigenvalue weighted by Crippen LogP contribution is 2.29. The van der Waals surface area contributed by atoms with Crippen molar-refractivity contribution < 1.29 is 14.7 Å². The number of hydrogen-bond donors (Lipinski definition) is 3. The normalized spacial score (nSPS) is 22.6. The molecule has 0 saturated heterocycles. The molecule has 0 radical (unpaired) electrons. The lowest BCUT2D eigenvalue weighted by Gasteiger charge is -2.36. The summed E-state index contributed by atoms with van der Waals surface area (Å²) < 4.78 is 5.32. The maximum absolute atomic E-state index is 12.5. The molecule has 116 valence electrons. The first-order chi connectivity index (χ1) is 9.44. The van der Waals surface area contributed by atoms with Gasteiger partial charge in [0, 0.05) is 7.11 Å². The molecule has 20 heavy (non-hydrogen) atoms. The number of amides is 1. The van der Waals surface area contributed by atoms with Crippen LogP contribution in [0.4, 0.5) is 0 Å². The zero-order valence-corrected chi connectivity index (χ0v) is 12.7. The summed E-state index contributed by atoms with van der Waals surface area (Å²) in [5.74, 6) is -0.127. The first-order valence-corrected chi connectivity index (χ1v) is 7.30. The lowest BCUT2D eigenvalue weighted by Crippen LogP contribution is -2.61. The topological polar surface area (TPSA) is 96.9 Å². The molecule has 0 aromatic heterocycles. The highest BCUT2D eigenvalue weighted by molar-refractivity contribution is 5.96. The summed E-state index contributed by atoms with van der Waals surface area (Å²) in [5.41, 5.74) is 4.22. The van der Waals surface area contributed by atoms with E-state index in [2.05, 4.69) is 10.5 Å². The number of rotatable bonds is 5. The largest absolute Gasteiger partial charge is 0.409 e. The zero-order valence-electron chi connectivity index (χ0n) is 12.7.